The first kappa shape index (κ1) is 18.6. The van der Waals surface area contributed by atoms with E-state index >= 15 is 0 Å². The van der Waals surface area contributed by atoms with Crippen molar-refractivity contribution in [2.45, 2.75) is 26.4 Å². The van der Waals surface area contributed by atoms with Crippen LogP contribution in [0.3, 0.4) is 0 Å². The Kier molecular flexibility index (Phi) is 5.74. The summed E-state index contributed by atoms with van der Waals surface area (Å²) in [6.45, 7) is 6.12. The number of para-hydroxylation sites is 1. The summed E-state index contributed by atoms with van der Waals surface area (Å²) in [5, 5.41) is 7.75. The minimum Gasteiger partial charge on any atom is -0.373 e. The molecular formula is C20H28N4O2. The molecule has 0 radical (unpaired) electrons. The molecule has 2 aromatic rings. The van der Waals surface area contributed by atoms with Crippen LogP contribution in [0, 0.1) is 19.8 Å². The van der Waals surface area contributed by atoms with Gasteiger partial charge in [0.1, 0.15) is 0 Å². The van der Waals surface area contributed by atoms with Crippen molar-refractivity contribution >= 4 is 5.91 Å². The fraction of sp³-hybridized carbons (Fsp3) is 0.500. The Morgan fingerprint density at radius 3 is 2.73 bits per heavy atom. The number of aromatic nitrogens is 2. The molecule has 1 N–H and O–H groups in total. The van der Waals surface area contributed by atoms with Crippen LogP contribution in [0.2, 0.25) is 0 Å². The van der Waals surface area contributed by atoms with Crippen molar-refractivity contribution in [2.75, 3.05) is 33.8 Å². The highest BCUT2D eigenvalue weighted by Crippen LogP contribution is 2.38. The summed E-state index contributed by atoms with van der Waals surface area (Å²) in [5.74, 6) is -0.0939. The second-order valence-electron chi connectivity index (χ2n) is 7.11. The first-order valence-electron chi connectivity index (χ1n) is 9.14. The van der Waals surface area contributed by atoms with Crippen LogP contribution in [0.15, 0.2) is 30.3 Å². The molecule has 1 aliphatic rings. The van der Waals surface area contributed by atoms with Gasteiger partial charge in [-0.15, -0.1) is 0 Å². The van der Waals surface area contributed by atoms with Gasteiger partial charge in [-0.3, -0.25) is 4.79 Å². The number of carbonyl (C=O) groups excluding carboxylic acids is 1. The lowest BCUT2D eigenvalue weighted by Crippen LogP contribution is -2.36. The van der Waals surface area contributed by atoms with Gasteiger partial charge in [0.2, 0.25) is 5.91 Å². The highest BCUT2D eigenvalue weighted by atomic mass is 16.5. The lowest BCUT2D eigenvalue weighted by Gasteiger charge is -2.19. The predicted octanol–water partition coefficient (Wildman–Crippen LogP) is 2.24. The summed E-state index contributed by atoms with van der Waals surface area (Å²) in [7, 11) is 4.00. The van der Waals surface area contributed by atoms with E-state index in [2.05, 4.69) is 10.2 Å². The van der Waals surface area contributed by atoms with Crippen molar-refractivity contribution in [3.8, 4) is 5.69 Å². The van der Waals surface area contributed by atoms with Crippen LogP contribution < -0.4 is 5.32 Å². The number of aryl methyl sites for hydroxylation is 1. The Bertz CT molecular complexity index is 755. The van der Waals surface area contributed by atoms with E-state index in [1.807, 2.05) is 63.0 Å². The van der Waals surface area contributed by atoms with Crippen LogP contribution in [-0.4, -0.2) is 54.4 Å². The Hall–Kier alpha value is -2.18. The summed E-state index contributed by atoms with van der Waals surface area (Å²) in [4.78, 5) is 14.7. The normalized spacial score (nSPS) is 19.9. The molecular weight excluding hydrogens is 328 g/mol. The van der Waals surface area contributed by atoms with E-state index in [9.17, 15) is 4.79 Å². The number of hydrogen-bond donors (Lipinski definition) is 1. The Balaban J connectivity index is 1.81. The van der Waals surface area contributed by atoms with Crippen molar-refractivity contribution in [3.05, 3.63) is 47.3 Å². The summed E-state index contributed by atoms with van der Waals surface area (Å²) in [5.41, 5.74) is 4.01. The molecule has 1 aromatic heterocycles. The van der Waals surface area contributed by atoms with Crippen molar-refractivity contribution in [2.24, 2.45) is 5.92 Å². The number of nitrogens with zero attached hydrogens (tertiary/aromatic N) is 3. The molecule has 2 atom stereocenters. The zero-order valence-corrected chi connectivity index (χ0v) is 16.0. The molecule has 1 amide bonds. The molecule has 0 aliphatic carbocycles. The largest absolute Gasteiger partial charge is 0.373 e. The zero-order valence-electron chi connectivity index (χ0n) is 16.0. The molecule has 3 rings (SSSR count). The molecule has 2 heterocycles. The molecule has 0 unspecified atom stereocenters. The topological polar surface area (TPSA) is 59.4 Å². The molecule has 6 heteroatoms. The SMILES string of the molecule is Cc1nn(-c2ccccc2)c(C)c1[C@H]1OCC[C@@H]1C(=O)NCCN(C)C. The number of benzene rings is 1. The predicted molar refractivity (Wildman–Crippen MR) is 101 cm³/mol. The molecule has 1 saturated heterocycles. The van der Waals surface area contributed by atoms with Crippen molar-refractivity contribution < 1.29 is 9.53 Å². The standard InChI is InChI=1S/C20H28N4O2/c1-14-18(15(2)24(22-14)16-8-6-5-7-9-16)19-17(10-13-26-19)20(25)21-11-12-23(3)4/h5-9,17,19H,10-13H2,1-4H3,(H,21,25)/t17-,19-/m0/s1. The van der Waals surface area contributed by atoms with Gasteiger partial charge in [-0.25, -0.2) is 4.68 Å². The van der Waals surface area contributed by atoms with Gasteiger partial charge in [-0.1, -0.05) is 18.2 Å². The van der Waals surface area contributed by atoms with Crippen LogP contribution in [0.25, 0.3) is 5.69 Å². The molecule has 6 nitrogen and oxygen atoms in total. The first-order chi connectivity index (χ1) is 12.5. The number of carbonyl (C=O) groups is 1. The molecule has 0 saturated carbocycles. The van der Waals surface area contributed by atoms with Crippen LogP contribution in [0.4, 0.5) is 0 Å². The third kappa shape index (κ3) is 3.81. The van der Waals surface area contributed by atoms with E-state index in [1.165, 1.54) is 0 Å². The number of ether oxygens (including phenoxy) is 1. The molecule has 1 aliphatic heterocycles. The van der Waals surface area contributed by atoms with E-state index in [4.69, 9.17) is 9.84 Å². The molecule has 1 fully saturated rings. The quantitative estimate of drug-likeness (QED) is 0.862. The van der Waals surface area contributed by atoms with Gasteiger partial charge in [-0.05, 0) is 46.5 Å². The lowest BCUT2D eigenvalue weighted by molar-refractivity contribution is -0.126. The third-order valence-corrected chi connectivity index (χ3v) is 4.92. The van der Waals surface area contributed by atoms with Gasteiger partial charge in [0.05, 0.1) is 23.4 Å². The van der Waals surface area contributed by atoms with Gasteiger partial charge in [0.15, 0.2) is 0 Å². The summed E-state index contributed by atoms with van der Waals surface area (Å²) in [6.07, 6.45) is 0.514. The number of amides is 1. The fourth-order valence-corrected chi connectivity index (χ4v) is 3.56. The Morgan fingerprint density at radius 1 is 1.31 bits per heavy atom. The van der Waals surface area contributed by atoms with E-state index in [1.54, 1.807) is 0 Å². The maximum atomic E-state index is 12.7. The van der Waals surface area contributed by atoms with Crippen LogP contribution in [-0.2, 0) is 9.53 Å². The van der Waals surface area contributed by atoms with Gasteiger partial charge in [0, 0.05) is 31.0 Å². The van der Waals surface area contributed by atoms with Crippen molar-refractivity contribution in [3.63, 3.8) is 0 Å². The third-order valence-electron chi connectivity index (χ3n) is 4.92. The fourth-order valence-electron chi connectivity index (χ4n) is 3.56. The lowest BCUT2D eigenvalue weighted by atomic mass is 9.93. The first-order valence-corrected chi connectivity index (χ1v) is 9.14. The molecule has 0 spiro atoms. The van der Waals surface area contributed by atoms with Crippen molar-refractivity contribution in [1.29, 1.82) is 0 Å². The Morgan fingerprint density at radius 2 is 2.04 bits per heavy atom. The van der Waals surface area contributed by atoms with Crippen molar-refractivity contribution in [1.82, 2.24) is 20.0 Å². The number of hydrogen-bond acceptors (Lipinski definition) is 4. The average molecular weight is 356 g/mol. The van der Waals surface area contributed by atoms with E-state index in [0.29, 0.717) is 13.2 Å². The summed E-state index contributed by atoms with van der Waals surface area (Å²) in [6, 6.07) is 10.1. The van der Waals surface area contributed by atoms with E-state index in [0.717, 1.165) is 35.6 Å². The molecule has 0 bridgehead atoms. The maximum absolute atomic E-state index is 12.7. The summed E-state index contributed by atoms with van der Waals surface area (Å²) < 4.78 is 7.92. The minimum atomic E-state index is -0.230. The molecule has 1 aromatic carbocycles. The second kappa shape index (κ2) is 8.01. The number of likely N-dealkylation sites (N-methyl/N-ethyl adjacent to an activating group) is 1. The minimum absolute atomic E-state index is 0.0700. The average Bonchev–Trinajstić information content (AvgIpc) is 3.19. The van der Waals surface area contributed by atoms with Gasteiger partial charge in [0.25, 0.3) is 0 Å². The second-order valence-corrected chi connectivity index (χ2v) is 7.11. The van der Waals surface area contributed by atoms with Gasteiger partial charge >= 0.3 is 0 Å². The van der Waals surface area contributed by atoms with Gasteiger partial charge < -0.3 is 15.0 Å². The van der Waals surface area contributed by atoms with Crippen LogP contribution >= 0.6 is 0 Å². The molecule has 26 heavy (non-hydrogen) atoms. The highest BCUT2D eigenvalue weighted by Gasteiger charge is 2.38. The monoisotopic (exact) mass is 356 g/mol. The Labute approximate surface area is 155 Å². The highest BCUT2D eigenvalue weighted by molar-refractivity contribution is 5.79. The number of nitrogens with one attached hydrogen (secondary N) is 1. The van der Waals surface area contributed by atoms with E-state index in [-0.39, 0.29) is 17.9 Å². The molecule has 140 valence electrons. The summed E-state index contributed by atoms with van der Waals surface area (Å²) >= 11 is 0. The van der Waals surface area contributed by atoms with Crippen LogP contribution in [0.1, 0.15) is 29.5 Å². The zero-order chi connectivity index (χ0) is 18.7. The van der Waals surface area contributed by atoms with E-state index < -0.39 is 0 Å². The maximum Gasteiger partial charge on any atom is 0.226 e. The van der Waals surface area contributed by atoms with Gasteiger partial charge in [-0.2, -0.15) is 5.10 Å². The number of rotatable bonds is 6. The van der Waals surface area contributed by atoms with Crippen LogP contribution in [0.5, 0.6) is 0 Å². The smallest absolute Gasteiger partial charge is 0.226 e.